The number of ether oxygens (including phenoxy) is 1. The monoisotopic (exact) mass is 262 g/mol. The molecule has 0 spiro atoms. The van der Waals surface area contributed by atoms with E-state index in [0.717, 1.165) is 0 Å². The second kappa shape index (κ2) is 5.06. The van der Waals surface area contributed by atoms with Gasteiger partial charge in [0.25, 0.3) is 9.05 Å². The Bertz CT molecular complexity index is 466. The largest absolute Gasteiger partial charge is 0.493 e. The average Bonchev–Trinajstić information content (AvgIpc) is 2.12. The van der Waals surface area contributed by atoms with Gasteiger partial charge < -0.3 is 4.74 Å². The summed E-state index contributed by atoms with van der Waals surface area (Å²) in [5.41, 5.74) is 0.594. The highest BCUT2D eigenvalue weighted by Crippen LogP contribution is 2.24. The van der Waals surface area contributed by atoms with Gasteiger partial charge >= 0.3 is 0 Å². The molecule has 0 aliphatic carbocycles. The molecular weight excluding hydrogens is 248 g/mol. The fourth-order valence-corrected chi connectivity index (χ4v) is 2.44. The Kier molecular flexibility index (Phi) is 4.21. The Balaban J connectivity index is 2.92. The normalized spacial score (nSPS) is 11.8. The van der Waals surface area contributed by atoms with E-state index in [9.17, 15) is 8.42 Å². The lowest BCUT2D eigenvalue weighted by molar-refractivity contribution is 0.270. The van der Waals surface area contributed by atoms with Crippen LogP contribution in [0.3, 0.4) is 0 Å². The summed E-state index contributed by atoms with van der Waals surface area (Å²) < 4.78 is 27.8. The van der Waals surface area contributed by atoms with Crippen LogP contribution in [0.1, 0.15) is 19.4 Å². The molecule has 90 valence electrons. The fourth-order valence-electron chi connectivity index (χ4n) is 1.25. The third-order valence-corrected chi connectivity index (χ3v) is 3.47. The molecule has 0 amide bonds. The second-order valence-electron chi connectivity index (χ2n) is 4.07. The highest BCUT2D eigenvalue weighted by atomic mass is 35.7. The number of hydrogen-bond donors (Lipinski definition) is 0. The van der Waals surface area contributed by atoms with Crippen molar-refractivity contribution in [2.45, 2.75) is 25.7 Å². The molecule has 0 radical (unpaired) electrons. The summed E-state index contributed by atoms with van der Waals surface area (Å²) >= 11 is 0. The summed E-state index contributed by atoms with van der Waals surface area (Å²) in [5.74, 6) is 1.09. The summed E-state index contributed by atoms with van der Waals surface area (Å²) in [6, 6.07) is 4.76. The molecule has 0 heterocycles. The van der Waals surface area contributed by atoms with E-state index in [0.29, 0.717) is 23.8 Å². The molecule has 5 heteroatoms. The maximum absolute atomic E-state index is 11.2. The lowest BCUT2D eigenvalue weighted by atomic mass is 10.2. The second-order valence-corrected chi connectivity index (χ2v) is 6.60. The summed E-state index contributed by atoms with van der Waals surface area (Å²) in [6.45, 7) is 6.39. The van der Waals surface area contributed by atoms with Crippen LogP contribution < -0.4 is 4.74 Å². The fraction of sp³-hybridized carbons (Fsp3) is 0.455. The predicted molar refractivity (Wildman–Crippen MR) is 64.6 cm³/mol. The minimum Gasteiger partial charge on any atom is -0.493 e. The highest BCUT2D eigenvalue weighted by Gasteiger charge is 2.13. The van der Waals surface area contributed by atoms with Gasteiger partial charge in [-0.2, -0.15) is 0 Å². The molecule has 3 nitrogen and oxygen atoms in total. The predicted octanol–water partition coefficient (Wildman–Crippen LogP) is 2.96. The lowest BCUT2D eigenvalue weighted by Gasteiger charge is -2.10. The van der Waals surface area contributed by atoms with Crippen molar-refractivity contribution in [2.24, 2.45) is 5.92 Å². The van der Waals surface area contributed by atoms with E-state index in [1.165, 1.54) is 6.07 Å². The molecule has 16 heavy (non-hydrogen) atoms. The summed E-state index contributed by atoms with van der Waals surface area (Å²) in [5, 5.41) is 0. The van der Waals surface area contributed by atoms with Crippen molar-refractivity contribution >= 4 is 19.7 Å². The zero-order valence-corrected chi connectivity index (χ0v) is 11.1. The van der Waals surface area contributed by atoms with E-state index in [2.05, 4.69) is 0 Å². The Hall–Kier alpha value is -0.740. The van der Waals surface area contributed by atoms with Crippen molar-refractivity contribution in [3.05, 3.63) is 23.8 Å². The van der Waals surface area contributed by atoms with Crippen LogP contribution in [0.25, 0.3) is 0 Å². The van der Waals surface area contributed by atoms with Crippen molar-refractivity contribution in [2.75, 3.05) is 6.61 Å². The first-order chi connectivity index (χ1) is 7.30. The van der Waals surface area contributed by atoms with E-state index >= 15 is 0 Å². The molecule has 1 rings (SSSR count). The van der Waals surface area contributed by atoms with Gasteiger partial charge in [0.05, 0.1) is 11.5 Å². The molecule has 0 aliphatic heterocycles. The molecule has 0 N–H and O–H groups in total. The Labute approximate surface area is 101 Å². The van der Waals surface area contributed by atoms with Crippen molar-refractivity contribution in [1.82, 2.24) is 0 Å². The van der Waals surface area contributed by atoms with Gasteiger partial charge in [0.15, 0.2) is 0 Å². The maximum atomic E-state index is 11.2. The van der Waals surface area contributed by atoms with Crippen LogP contribution in [0, 0.1) is 12.8 Å². The molecule has 0 bridgehead atoms. The van der Waals surface area contributed by atoms with Crippen LogP contribution in [0.4, 0.5) is 0 Å². The van der Waals surface area contributed by atoms with Crippen molar-refractivity contribution in [1.29, 1.82) is 0 Å². The molecule has 1 aromatic carbocycles. The van der Waals surface area contributed by atoms with Crippen molar-refractivity contribution in [3.8, 4) is 5.75 Å². The number of halogens is 1. The zero-order chi connectivity index (χ0) is 12.3. The molecule has 0 unspecified atom stereocenters. The Morgan fingerprint density at radius 1 is 1.38 bits per heavy atom. The first-order valence-corrected chi connectivity index (χ1v) is 7.29. The van der Waals surface area contributed by atoms with Crippen molar-refractivity contribution < 1.29 is 13.2 Å². The molecule has 0 aromatic heterocycles. The van der Waals surface area contributed by atoms with Crippen LogP contribution in [0.5, 0.6) is 5.75 Å². The maximum Gasteiger partial charge on any atom is 0.261 e. The Morgan fingerprint density at radius 2 is 2.00 bits per heavy atom. The number of aryl methyl sites for hydroxylation is 1. The number of rotatable bonds is 4. The zero-order valence-electron chi connectivity index (χ0n) is 9.53. The third kappa shape index (κ3) is 3.68. The first-order valence-electron chi connectivity index (χ1n) is 4.99. The van der Waals surface area contributed by atoms with Gasteiger partial charge in [-0.1, -0.05) is 13.8 Å². The van der Waals surface area contributed by atoms with E-state index in [-0.39, 0.29) is 4.90 Å². The van der Waals surface area contributed by atoms with E-state index in [1.807, 2.05) is 13.8 Å². The minimum absolute atomic E-state index is 0.131. The van der Waals surface area contributed by atoms with Gasteiger partial charge in [-0.05, 0) is 36.6 Å². The standard InChI is InChI=1S/C11H15ClO3S/c1-8(2)7-15-10-4-5-11(9(3)6-10)16(12,13)14/h4-6,8H,7H2,1-3H3. The summed E-state index contributed by atoms with van der Waals surface area (Å²) in [4.78, 5) is 0.131. The van der Waals surface area contributed by atoms with Gasteiger partial charge in [0.2, 0.25) is 0 Å². The quantitative estimate of drug-likeness (QED) is 0.784. The first kappa shape index (κ1) is 13.3. The van der Waals surface area contributed by atoms with Crippen LogP contribution in [-0.4, -0.2) is 15.0 Å². The number of benzene rings is 1. The van der Waals surface area contributed by atoms with Gasteiger partial charge in [-0.25, -0.2) is 8.42 Å². The Morgan fingerprint density at radius 3 is 2.44 bits per heavy atom. The lowest BCUT2D eigenvalue weighted by Crippen LogP contribution is -2.05. The average molecular weight is 263 g/mol. The van der Waals surface area contributed by atoms with Gasteiger partial charge in [0, 0.05) is 10.7 Å². The summed E-state index contributed by atoms with van der Waals surface area (Å²) in [6.07, 6.45) is 0. The van der Waals surface area contributed by atoms with E-state index in [4.69, 9.17) is 15.4 Å². The van der Waals surface area contributed by atoms with E-state index < -0.39 is 9.05 Å². The van der Waals surface area contributed by atoms with Crippen LogP contribution in [0.2, 0.25) is 0 Å². The van der Waals surface area contributed by atoms with E-state index in [1.54, 1.807) is 19.1 Å². The van der Waals surface area contributed by atoms with Gasteiger partial charge in [-0.15, -0.1) is 0 Å². The third-order valence-electron chi connectivity index (χ3n) is 1.99. The van der Waals surface area contributed by atoms with Crippen LogP contribution in [0.15, 0.2) is 23.1 Å². The molecule has 0 fully saturated rings. The molecule has 0 aliphatic rings. The molecule has 0 saturated carbocycles. The molecule has 0 saturated heterocycles. The van der Waals surface area contributed by atoms with Crippen molar-refractivity contribution in [3.63, 3.8) is 0 Å². The van der Waals surface area contributed by atoms with Gasteiger partial charge in [-0.3, -0.25) is 0 Å². The smallest absolute Gasteiger partial charge is 0.261 e. The SMILES string of the molecule is Cc1cc(OCC(C)C)ccc1S(=O)(=O)Cl. The van der Waals surface area contributed by atoms with Gasteiger partial charge in [0.1, 0.15) is 5.75 Å². The van der Waals surface area contributed by atoms with Crippen LogP contribution in [-0.2, 0) is 9.05 Å². The molecular formula is C11H15ClO3S. The molecule has 1 aromatic rings. The van der Waals surface area contributed by atoms with Crippen LogP contribution >= 0.6 is 10.7 Å². The summed E-state index contributed by atoms with van der Waals surface area (Å²) in [7, 11) is 1.61. The topological polar surface area (TPSA) is 43.4 Å². The minimum atomic E-state index is -3.66. The molecule has 0 atom stereocenters. The highest BCUT2D eigenvalue weighted by molar-refractivity contribution is 8.13. The number of hydrogen-bond acceptors (Lipinski definition) is 3.